The minimum atomic E-state index is -0.0335. The highest BCUT2D eigenvalue weighted by Gasteiger charge is 2.16. The topological polar surface area (TPSA) is 91.7 Å². The number of aryl methyl sites for hydroxylation is 1. The fraction of sp³-hybridized carbons (Fsp3) is 0.143. The summed E-state index contributed by atoms with van der Waals surface area (Å²) < 4.78 is 5.20. The molecule has 0 aliphatic carbocycles. The van der Waals surface area contributed by atoms with Crippen LogP contribution in [0.15, 0.2) is 95.6 Å². The van der Waals surface area contributed by atoms with Gasteiger partial charge in [0.05, 0.1) is 4.90 Å². The molecule has 1 amide bonds. The first-order valence-electron chi connectivity index (χ1n) is 10.1. The van der Waals surface area contributed by atoms with Gasteiger partial charge in [-0.2, -0.15) is 0 Å². The summed E-state index contributed by atoms with van der Waals surface area (Å²) in [5, 5.41) is 22.7. The van der Waals surface area contributed by atoms with E-state index in [0.717, 1.165) is 16.0 Å². The number of pyridine rings is 1. The number of amides is 1. The molecule has 0 fully saturated rings. The van der Waals surface area contributed by atoms with E-state index in [4.69, 9.17) is 9.84 Å². The first-order chi connectivity index (χ1) is 15.8. The van der Waals surface area contributed by atoms with Crippen molar-refractivity contribution in [1.29, 1.82) is 0 Å². The van der Waals surface area contributed by atoms with E-state index in [1.54, 1.807) is 30.5 Å². The van der Waals surface area contributed by atoms with Gasteiger partial charge in [-0.3, -0.25) is 9.78 Å². The lowest BCUT2D eigenvalue weighted by atomic mass is 10.2. The first kappa shape index (κ1) is 29.1. The number of hydrogen-bond donors (Lipinski definition) is 3. The van der Waals surface area contributed by atoms with Crippen molar-refractivity contribution in [2.45, 2.75) is 33.6 Å². The average Bonchev–Trinajstić information content (AvgIpc) is 3.15. The van der Waals surface area contributed by atoms with Crippen LogP contribution in [0.5, 0.6) is 17.2 Å². The van der Waals surface area contributed by atoms with E-state index in [1.165, 1.54) is 24.2 Å². The molecule has 0 atom stereocenters. The number of anilines is 1. The average molecular weight is 493 g/mol. The van der Waals surface area contributed by atoms with Crippen LogP contribution in [0, 0.1) is 6.92 Å². The van der Waals surface area contributed by atoms with Crippen LogP contribution in [-0.2, 0) is 4.79 Å². The molecule has 3 aromatic carbocycles. The summed E-state index contributed by atoms with van der Waals surface area (Å²) in [7, 11) is 0. The molecule has 0 radical (unpaired) electrons. The lowest BCUT2D eigenvalue weighted by Crippen LogP contribution is -2.05. The number of aromatic hydroxyl groups is 2. The Kier molecular flexibility index (Phi) is 11.3. The normalized spacial score (nSPS) is 10.6. The Bertz CT molecular complexity index is 1270. The molecule has 2 heterocycles. The van der Waals surface area contributed by atoms with Crippen molar-refractivity contribution >= 4 is 34.3 Å². The second kappa shape index (κ2) is 13.7. The second-order valence-electron chi connectivity index (χ2n) is 7.11. The summed E-state index contributed by atoms with van der Waals surface area (Å²) in [5.74, 6) is 1.12. The summed E-state index contributed by atoms with van der Waals surface area (Å²) in [4.78, 5) is 15.6. The molecule has 0 bridgehead atoms. The van der Waals surface area contributed by atoms with Gasteiger partial charge in [-0.05, 0) is 61.7 Å². The Morgan fingerprint density at radius 3 is 2.34 bits per heavy atom. The monoisotopic (exact) mass is 492 g/mol. The number of nitrogens with one attached hydrogen (secondary N) is 1. The largest absolute Gasteiger partial charge is 0.508 e. The van der Waals surface area contributed by atoms with Crippen molar-refractivity contribution in [3.8, 4) is 17.2 Å². The molecule has 0 saturated heterocycles. The van der Waals surface area contributed by atoms with Crippen LogP contribution in [0.3, 0.4) is 0 Å². The Hall–Kier alpha value is -3.97. The van der Waals surface area contributed by atoms with Crippen molar-refractivity contribution in [1.82, 2.24) is 4.98 Å². The Morgan fingerprint density at radius 1 is 1.00 bits per heavy atom. The number of thioether (sulfide) groups is 1. The third kappa shape index (κ3) is 8.72. The number of rotatable bonds is 1. The number of para-hydroxylation sites is 1. The number of benzene rings is 3. The van der Waals surface area contributed by atoms with E-state index < -0.39 is 0 Å². The van der Waals surface area contributed by atoms with Crippen LogP contribution in [0.4, 0.5) is 5.69 Å². The number of aromatic nitrogens is 1. The minimum Gasteiger partial charge on any atom is -0.508 e. The first-order valence-corrected chi connectivity index (χ1v) is 10.9. The van der Waals surface area contributed by atoms with Gasteiger partial charge in [0.1, 0.15) is 22.8 Å². The number of carbonyl (C=O) groups is 1. The summed E-state index contributed by atoms with van der Waals surface area (Å²) in [5.41, 5.74) is 2.71. The molecule has 35 heavy (non-hydrogen) atoms. The summed E-state index contributed by atoms with van der Waals surface area (Å²) in [6.45, 7) is 7.17. The molecule has 0 saturated carbocycles. The van der Waals surface area contributed by atoms with Crippen LogP contribution in [0.2, 0.25) is 0 Å². The molecule has 184 valence electrons. The zero-order chi connectivity index (χ0) is 23.8. The molecule has 1 aliphatic heterocycles. The van der Waals surface area contributed by atoms with Crippen LogP contribution in [-0.4, -0.2) is 21.1 Å². The minimum absolute atomic E-state index is 0. The van der Waals surface area contributed by atoms with E-state index in [-0.39, 0.29) is 32.3 Å². The number of phenolic OH excluding ortho intramolecular Hbond substituents is 2. The number of carbonyl (C=O) groups excluding carboxylic acids is 1. The molecule has 1 aromatic heterocycles. The maximum Gasteiger partial charge on any atom is 0.221 e. The van der Waals surface area contributed by atoms with Gasteiger partial charge in [-0.1, -0.05) is 50.7 Å². The van der Waals surface area contributed by atoms with E-state index in [1.807, 2.05) is 55.5 Å². The summed E-state index contributed by atoms with van der Waals surface area (Å²) >= 11 is 1.47. The summed E-state index contributed by atoms with van der Waals surface area (Å²) in [6.07, 6.45) is 1.67. The second-order valence-corrected chi connectivity index (χ2v) is 8.21. The third-order valence-electron chi connectivity index (χ3n) is 4.36. The lowest BCUT2D eigenvalue weighted by molar-refractivity contribution is -0.114. The maximum atomic E-state index is 10.6. The van der Waals surface area contributed by atoms with Crippen molar-refractivity contribution in [3.63, 3.8) is 0 Å². The third-order valence-corrected chi connectivity index (χ3v) is 5.23. The number of fused-ring (bicyclic) bond motifs is 2. The fourth-order valence-electron chi connectivity index (χ4n) is 2.86. The molecular weight excluding hydrogens is 460 g/mol. The summed E-state index contributed by atoms with van der Waals surface area (Å²) in [6, 6.07) is 21.9. The van der Waals surface area contributed by atoms with Crippen molar-refractivity contribution in [2.24, 2.45) is 0 Å². The van der Waals surface area contributed by atoms with Gasteiger partial charge in [0, 0.05) is 30.3 Å². The van der Waals surface area contributed by atoms with Crippen molar-refractivity contribution < 1.29 is 19.7 Å². The highest BCUT2D eigenvalue weighted by atomic mass is 32.2. The quantitative estimate of drug-likeness (QED) is 0.255. The molecule has 1 aliphatic rings. The van der Waals surface area contributed by atoms with E-state index in [2.05, 4.69) is 16.9 Å². The van der Waals surface area contributed by atoms with Crippen molar-refractivity contribution in [2.75, 3.05) is 5.32 Å². The molecule has 0 unspecified atom stereocenters. The zero-order valence-corrected chi connectivity index (χ0v) is 19.1. The Labute approximate surface area is 211 Å². The smallest absolute Gasteiger partial charge is 0.221 e. The number of hydrogen-bond acceptors (Lipinski definition) is 6. The van der Waals surface area contributed by atoms with Gasteiger partial charge in [0.15, 0.2) is 5.09 Å². The van der Waals surface area contributed by atoms with Gasteiger partial charge >= 0.3 is 0 Å². The van der Waals surface area contributed by atoms with Crippen LogP contribution < -0.4 is 10.1 Å². The molecular formula is C28H32N2O4S. The van der Waals surface area contributed by atoms with E-state index in [9.17, 15) is 9.90 Å². The van der Waals surface area contributed by atoms with Gasteiger partial charge in [0.25, 0.3) is 0 Å². The van der Waals surface area contributed by atoms with Gasteiger partial charge in [-0.25, -0.2) is 0 Å². The molecule has 5 rings (SSSR count). The molecule has 0 spiro atoms. The predicted octanol–water partition coefficient (Wildman–Crippen LogP) is 7.51. The highest BCUT2D eigenvalue weighted by molar-refractivity contribution is 8.03. The molecule has 3 N–H and O–H groups in total. The van der Waals surface area contributed by atoms with E-state index in [0.29, 0.717) is 16.4 Å². The predicted molar refractivity (Wildman–Crippen MR) is 146 cm³/mol. The highest BCUT2D eigenvalue weighted by Crippen LogP contribution is 2.43. The fourth-order valence-corrected chi connectivity index (χ4v) is 3.57. The zero-order valence-electron chi connectivity index (χ0n) is 18.3. The van der Waals surface area contributed by atoms with Crippen LogP contribution in [0.1, 0.15) is 27.3 Å². The SMILES string of the molecule is C.C.C=C1Oc2cc(O)ccc2S1.CC(=O)Nc1ccc(C)cc1.Oc1cccc2cccnc12. The molecule has 7 heteroatoms. The number of ether oxygens (including phenoxy) is 1. The Morgan fingerprint density at radius 2 is 1.69 bits per heavy atom. The number of phenols is 2. The molecule has 4 aromatic rings. The van der Waals surface area contributed by atoms with Gasteiger partial charge in [0.2, 0.25) is 5.91 Å². The standard InChI is InChI=1S/C9H7NO.C9H11NO.C8H6O2S.2CH4/c11-8-5-1-3-7-4-2-6-10-9(7)8;1-7-3-5-9(6-4-7)10-8(2)11;1-5-10-7-4-6(9)2-3-8(7)11-5;;/h1-6,11H;3-6H,1-2H3,(H,10,11);2-4,9H,1H2;2*1H4. The Balaban J connectivity index is 0.000000255. The molecule has 6 nitrogen and oxygen atoms in total. The van der Waals surface area contributed by atoms with Crippen LogP contribution in [0.25, 0.3) is 10.9 Å². The van der Waals surface area contributed by atoms with Gasteiger partial charge in [-0.15, -0.1) is 0 Å². The maximum absolute atomic E-state index is 10.6. The number of nitrogens with zero attached hydrogens (tertiary/aromatic N) is 1. The van der Waals surface area contributed by atoms with E-state index >= 15 is 0 Å². The van der Waals surface area contributed by atoms with Crippen molar-refractivity contribution in [3.05, 3.63) is 96.2 Å². The van der Waals surface area contributed by atoms with Crippen LogP contribution >= 0.6 is 11.8 Å². The van der Waals surface area contributed by atoms with Gasteiger partial charge < -0.3 is 20.3 Å². The lowest BCUT2D eigenvalue weighted by Gasteiger charge is -2.00.